The molecule has 0 saturated carbocycles. The third-order valence-electron chi connectivity index (χ3n) is 3.92. The van der Waals surface area contributed by atoms with Gasteiger partial charge in [-0.2, -0.15) is 4.57 Å². The molecule has 24 heavy (non-hydrogen) atoms. The van der Waals surface area contributed by atoms with Crippen molar-refractivity contribution >= 4 is 17.3 Å². The summed E-state index contributed by atoms with van der Waals surface area (Å²) >= 11 is 0. The van der Waals surface area contributed by atoms with Gasteiger partial charge in [0.1, 0.15) is 0 Å². The number of nitro benzene ring substituents is 1. The Morgan fingerprint density at radius 2 is 2.00 bits per heavy atom. The molecular weight excluding hydrogens is 310 g/mol. The number of rotatable bonds is 5. The molecule has 7 heteroatoms. The zero-order valence-corrected chi connectivity index (χ0v) is 14.1. The van der Waals surface area contributed by atoms with Crippen LogP contribution in [0.25, 0.3) is 0 Å². The van der Waals surface area contributed by atoms with Crippen LogP contribution in [0.4, 0.5) is 11.4 Å². The largest absolute Gasteiger partial charge is 0.490 e. The lowest BCUT2D eigenvalue weighted by atomic mass is 10.1. The van der Waals surface area contributed by atoms with E-state index in [1.54, 1.807) is 6.92 Å². The Morgan fingerprint density at radius 1 is 1.29 bits per heavy atom. The summed E-state index contributed by atoms with van der Waals surface area (Å²) in [5.41, 5.74) is 3.07. The molecule has 1 aromatic carbocycles. The quantitative estimate of drug-likeness (QED) is 0.518. The summed E-state index contributed by atoms with van der Waals surface area (Å²) in [4.78, 5) is 22.8. The average molecular weight is 330 g/mol. The molecule has 2 rings (SSSR count). The van der Waals surface area contributed by atoms with Gasteiger partial charge in [0, 0.05) is 36.4 Å². The Hall–Kier alpha value is -2.96. The normalized spacial score (nSPS) is 10.3. The fourth-order valence-corrected chi connectivity index (χ4v) is 2.38. The summed E-state index contributed by atoms with van der Waals surface area (Å²) in [6, 6.07) is 6.73. The smallest absolute Gasteiger partial charge is 0.311 e. The molecule has 2 aromatic rings. The number of anilines is 1. The first-order valence-corrected chi connectivity index (χ1v) is 7.42. The van der Waals surface area contributed by atoms with E-state index >= 15 is 0 Å². The minimum atomic E-state index is -0.511. The van der Waals surface area contributed by atoms with Crippen molar-refractivity contribution < 1.29 is 19.0 Å². The second kappa shape index (κ2) is 7.08. The number of carbonyl (C=O) groups is 1. The van der Waals surface area contributed by atoms with E-state index in [2.05, 4.69) is 5.32 Å². The van der Waals surface area contributed by atoms with E-state index < -0.39 is 4.92 Å². The molecule has 0 spiro atoms. The number of benzene rings is 1. The van der Waals surface area contributed by atoms with Crippen molar-refractivity contribution in [1.82, 2.24) is 0 Å². The monoisotopic (exact) mass is 330 g/mol. The molecule has 0 fully saturated rings. The lowest BCUT2D eigenvalue weighted by Gasteiger charge is -2.10. The average Bonchev–Trinajstić information content (AvgIpc) is 2.53. The van der Waals surface area contributed by atoms with Crippen LogP contribution in [-0.4, -0.2) is 17.9 Å². The molecule has 0 unspecified atom stereocenters. The number of aryl methyl sites for hydroxylation is 2. The van der Waals surface area contributed by atoms with Gasteiger partial charge in [0.15, 0.2) is 17.6 Å². The summed E-state index contributed by atoms with van der Waals surface area (Å²) in [7, 11) is 1.36. The van der Waals surface area contributed by atoms with Crippen LogP contribution in [0.3, 0.4) is 0 Å². The lowest BCUT2D eigenvalue weighted by molar-refractivity contribution is -0.690. The Morgan fingerprint density at radius 3 is 2.62 bits per heavy atom. The topological polar surface area (TPSA) is 85.3 Å². The molecule has 1 aromatic heterocycles. The standard InChI is InChI=1S/C17H19N3O4/c1-11-6-5-7-19(13(11)3)10-17(21)18-14-9-16(24-4)15(20(22)23)8-12(14)2/h5-9H,10H2,1-4H3/p+1. The van der Waals surface area contributed by atoms with Crippen molar-refractivity contribution in [2.24, 2.45) is 0 Å². The predicted molar refractivity (Wildman–Crippen MR) is 89.1 cm³/mol. The van der Waals surface area contributed by atoms with Crippen LogP contribution >= 0.6 is 0 Å². The zero-order chi connectivity index (χ0) is 17.9. The van der Waals surface area contributed by atoms with Gasteiger partial charge in [-0.05, 0) is 25.5 Å². The molecule has 1 amide bonds. The number of methoxy groups -OCH3 is 1. The maximum absolute atomic E-state index is 12.3. The van der Waals surface area contributed by atoms with Gasteiger partial charge in [-0.1, -0.05) is 0 Å². The summed E-state index contributed by atoms with van der Waals surface area (Å²) in [5, 5.41) is 13.8. The maximum atomic E-state index is 12.3. The van der Waals surface area contributed by atoms with Crippen molar-refractivity contribution in [1.29, 1.82) is 0 Å². The third kappa shape index (κ3) is 3.68. The van der Waals surface area contributed by atoms with Crippen LogP contribution in [0.1, 0.15) is 16.8 Å². The lowest BCUT2D eigenvalue weighted by Crippen LogP contribution is -2.43. The van der Waals surface area contributed by atoms with E-state index in [4.69, 9.17) is 4.74 Å². The highest BCUT2D eigenvalue weighted by molar-refractivity contribution is 5.91. The first-order valence-electron chi connectivity index (χ1n) is 7.42. The number of nitrogens with one attached hydrogen (secondary N) is 1. The number of amides is 1. The van der Waals surface area contributed by atoms with Gasteiger partial charge in [-0.15, -0.1) is 0 Å². The zero-order valence-electron chi connectivity index (χ0n) is 14.1. The second-order valence-corrected chi connectivity index (χ2v) is 5.55. The highest BCUT2D eigenvalue weighted by Gasteiger charge is 2.20. The van der Waals surface area contributed by atoms with Crippen molar-refractivity contribution in [3.63, 3.8) is 0 Å². The summed E-state index contributed by atoms with van der Waals surface area (Å²) < 4.78 is 6.89. The van der Waals surface area contributed by atoms with Gasteiger partial charge in [-0.25, -0.2) is 0 Å². The number of ether oxygens (including phenoxy) is 1. The highest BCUT2D eigenvalue weighted by Crippen LogP contribution is 2.32. The van der Waals surface area contributed by atoms with Gasteiger partial charge in [0.25, 0.3) is 5.91 Å². The first-order chi connectivity index (χ1) is 11.3. The maximum Gasteiger partial charge on any atom is 0.311 e. The molecule has 1 heterocycles. The number of aromatic nitrogens is 1. The Balaban J connectivity index is 2.23. The molecule has 0 atom stereocenters. The fraction of sp³-hybridized carbons (Fsp3) is 0.294. The van der Waals surface area contributed by atoms with Crippen LogP contribution in [0.2, 0.25) is 0 Å². The minimum Gasteiger partial charge on any atom is -0.490 e. The van der Waals surface area contributed by atoms with Gasteiger partial charge in [0.05, 0.1) is 12.0 Å². The molecule has 0 aliphatic carbocycles. The highest BCUT2D eigenvalue weighted by atomic mass is 16.6. The number of pyridine rings is 1. The number of hydrogen-bond donors (Lipinski definition) is 1. The van der Waals surface area contributed by atoms with E-state index in [9.17, 15) is 14.9 Å². The van der Waals surface area contributed by atoms with E-state index in [1.807, 2.05) is 36.7 Å². The summed E-state index contributed by atoms with van der Waals surface area (Å²) in [6.45, 7) is 5.79. The summed E-state index contributed by atoms with van der Waals surface area (Å²) in [5.74, 6) is -0.104. The van der Waals surface area contributed by atoms with Crippen molar-refractivity contribution in [2.75, 3.05) is 12.4 Å². The molecule has 0 bridgehead atoms. The molecule has 1 N–H and O–H groups in total. The van der Waals surface area contributed by atoms with Gasteiger partial charge in [0.2, 0.25) is 6.54 Å². The van der Waals surface area contributed by atoms with Crippen LogP contribution in [0, 0.1) is 30.9 Å². The van der Waals surface area contributed by atoms with E-state index in [1.165, 1.54) is 19.2 Å². The summed E-state index contributed by atoms with van der Waals surface area (Å²) in [6.07, 6.45) is 1.84. The SMILES string of the molecule is COc1cc(NC(=O)C[n+]2cccc(C)c2C)c(C)cc1[N+](=O)[O-]. The minimum absolute atomic E-state index is 0.111. The third-order valence-corrected chi connectivity index (χ3v) is 3.92. The number of hydrogen-bond acceptors (Lipinski definition) is 4. The van der Waals surface area contributed by atoms with Crippen molar-refractivity contribution in [3.8, 4) is 5.75 Å². The predicted octanol–water partition coefficient (Wildman–Crippen LogP) is 2.45. The van der Waals surface area contributed by atoms with Crippen molar-refractivity contribution in [2.45, 2.75) is 27.3 Å². The molecule has 0 saturated heterocycles. The molecule has 0 aliphatic rings. The number of nitrogens with zero attached hydrogens (tertiary/aromatic N) is 2. The number of nitro groups is 1. The van der Waals surface area contributed by atoms with Gasteiger partial charge < -0.3 is 10.1 Å². The molecule has 0 aliphatic heterocycles. The second-order valence-electron chi connectivity index (χ2n) is 5.55. The fourth-order valence-electron chi connectivity index (χ4n) is 2.38. The number of carbonyl (C=O) groups excluding carboxylic acids is 1. The van der Waals surface area contributed by atoms with Crippen LogP contribution in [0.15, 0.2) is 30.5 Å². The Bertz CT molecular complexity index is 803. The van der Waals surface area contributed by atoms with Crippen molar-refractivity contribution in [3.05, 3.63) is 57.4 Å². The van der Waals surface area contributed by atoms with Crippen LogP contribution in [-0.2, 0) is 11.3 Å². The van der Waals surface area contributed by atoms with Gasteiger partial charge >= 0.3 is 5.69 Å². The first kappa shape index (κ1) is 17.4. The molecular formula is C17H20N3O4+. The van der Waals surface area contributed by atoms with Crippen LogP contribution in [0.5, 0.6) is 5.75 Å². The Labute approximate surface area is 140 Å². The molecule has 0 radical (unpaired) electrons. The van der Waals surface area contributed by atoms with Crippen LogP contribution < -0.4 is 14.6 Å². The molecule has 7 nitrogen and oxygen atoms in total. The van der Waals surface area contributed by atoms with E-state index in [-0.39, 0.29) is 23.9 Å². The van der Waals surface area contributed by atoms with Gasteiger partial charge in [-0.3, -0.25) is 14.9 Å². The Kier molecular flexibility index (Phi) is 5.13. The molecule has 126 valence electrons. The van der Waals surface area contributed by atoms with E-state index in [0.29, 0.717) is 11.3 Å². The van der Waals surface area contributed by atoms with E-state index in [0.717, 1.165) is 11.3 Å².